The van der Waals surface area contributed by atoms with E-state index in [1.165, 1.54) is 12.1 Å². The number of sulfone groups is 1. The van der Waals surface area contributed by atoms with Crippen LogP contribution in [0.1, 0.15) is 12.0 Å². The number of amides is 1. The molecule has 0 aliphatic carbocycles. The summed E-state index contributed by atoms with van der Waals surface area (Å²) in [5.41, 5.74) is 0.764. The number of hydrogen-bond acceptors (Lipinski definition) is 6. The van der Waals surface area contributed by atoms with Crippen LogP contribution >= 0.6 is 11.6 Å². The SMILES string of the molecule is COc1cc(OC)c(CCC(=O)N2CC(S(=O)(=O)c3ccc(Cl)cc3)C2)c(OC)c1. The third kappa shape index (κ3) is 4.49. The Kier molecular flexibility index (Phi) is 6.77. The molecule has 0 bridgehead atoms. The smallest absolute Gasteiger partial charge is 0.222 e. The first-order valence-corrected chi connectivity index (χ1v) is 11.3. The van der Waals surface area contributed by atoms with Crippen LogP contribution in [0.25, 0.3) is 0 Å². The van der Waals surface area contributed by atoms with Gasteiger partial charge in [-0.1, -0.05) is 11.6 Å². The number of methoxy groups -OCH3 is 3. The minimum atomic E-state index is -3.49. The van der Waals surface area contributed by atoms with Crippen LogP contribution in [0.5, 0.6) is 17.2 Å². The van der Waals surface area contributed by atoms with Gasteiger partial charge in [-0.2, -0.15) is 0 Å². The van der Waals surface area contributed by atoms with Crippen LogP contribution in [-0.4, -0.2) is 58.9 Å². The van der Waals surface area contributed by atoms with Crippen LogP contribution in [0.2, 0.25) is 5.02 Å². The van der Waals surface area contributed by atoms with Gasteiger partial charge in [-0.3, -0.25) is 4.79 Å². The van der Waals surface area contributed by atoms with Gasteiger partial charge >= 0.3 is 0 Å². The summed E-state index contributed by atoms with van der Waals surface area (Å²) in [6.07, 6.45) is 0.618. The monoisotopic (exact) mass is 453 g/mol. The molecular weight excluding hydrogens is 430 g/mol. The summed E-state index contributed by atoms with van der Waals surface area (Å²) in [4.78, 5) is 14.4. The van der Waals surface area contributed by atoms with Crippen molar-refractivity contribution in [1.29, 1.82) is 0 Å². The van der Waals surface area contributed by atoms with Crippen molar-refractivity contribution in [1.82, 2.24) is 4.90 Å². The fraction of sp³-hybridized carbons (Fsp3) is 0.381. The van der Waals surface area contributed by atoms with Crippen molar-refractivity contribution in [3.8, 4) is 17.2 Å². The largest absolute Gasteiger partial charge is 0.496 e. The van der Waals surface area contributed by atoms with Crippen molar-refractivity contribution >= 4 is 27.3 Å². The predicted octanol–water partition coefficient (Wildman–Crippen LogP) is 2.98. The molecule has 1 amide bonds. The van der Waals surface area contributed by atoms with E-state index in [1.807, 2.05) is 0 Å². The number of ether oxygens (including phenoxy) is 3. The van der Waals surface area contributed by atoms with Crippen LogP contribution in [0, 0.1) is 0 Å². The standard InChI is InChI=1S/C21H24ClNO6S/c1-27-15-10-19(28-2)18(20(11-15)29-3)8-9-21(24)23-12-17(13-23)30(25,26)16-6-4-14(22)5-7-16/h4-7,10-11,17H,8-9,12-13H2,1-3H3. The first kappa shape index (κ1) is 22.2. The third-order valence-corrected chi connectivity index (χ3v) is 7.54. The van der Waals surface area contributed by atoms with E-state index < -0.39 is 15.1 Å². The Morgan fingerprint density at radius 2 is 1.60 bits per heavy atom. The Labute approximate surface area is 181 Å². The molecule has 0 aromatic heterocycles. The number of rotatable bonds is 8. The van der Waals surface area contributed by atoms with Crippen molar-refractivity contribution in [2.24, 2.45) is 0 Å². The van der Waals surface area contributed by atoms with Gasteiger partial charge in [0.15, 0.2) is 9.84 Å². The van der Waals surface area contributed by atoms with Crippen molar-refractivity contribution in [2.75, 3.05) is 34.4 Å². The fourth-order valence-corrected chi connectivity index (χ4v) is 5.15. The molecule has 162 valence electrons. The van der Waals surface area contributed by atoms with Crippen LogP contribution in [0.15, 0.2) is 41.3 Å². The second-order valence-corrected chi connectivity index (χ2v) is 9.59. The Morgan fingerprint density at radius 3 is 2.10 bits per heavy atom. The zero-order chi connectivity index (χ0) is 21.9. The lowest BCUT2D eigenvalue weighted by molar-refractivity contribution is -0.134. The summed E-state index contributed by atoms with van der Waals surface area (Å²) >= 11 is 5.83. The van der Waals surface area contributed by atoms with E-state index in [9.17, 15) is 13.2 Å². The molecule has 3 rings (SSSR count). The number of hydrogen-bond donors (Lipinski definition) is 0. The summed E-state index contributed by atoms with van der Waals surface area (Å²) in [7, 11) is 1.15. The predicted molar refractivity (Wildman–Crippen MR) is 113 cm³/mol. The van der Waals surface area contributed by atoms with Gasteiger partial charge in [0.05, 0.1) is 26.2 Å². The van der Waals surface area contributed by atoms with Crippen LogP contribution in [0.3, 0.4) is 0 Å². The zero-order valence-electron chi connectivity index (χ0n) is 17.1. The number of halogens is 1. The van der Waals surface area contributed by atoms with E-state index in [4.69, 9.17) is 25.8 Å². The maximum Gasteiger partial charge on any atom is 0.222 e. The molecule has 1 heterocycles. The van der Waals surface area contributed by atoms with Crippen LogP contribution in [0.4, 0.5) is 0 Å². The summed E-state index contributed by atoms with van der Waals surface area (Å²) in [5.74, 6) is 1.63. The van der Waals surface area contributed by atoms with Crippen molar-refractivity contribution < 1.29 is 27.4 Å². The highest BCUT2D eigenvalue weighted by Gasteiger charge is 2.40. The highest BCUT2D eigenvalue weighted by molar-refractivity contribution is 7.92. The lowest BCUT2D eigenvalue weighted by atomic mass is 10.0. The number of nitrogens with zero attached hydrogens (tertiary/aromatic N) is 1. The van der Waals surface area contributed by atoms with E-state index in [-0.39, 0.29) is 30.3 Å². The number of likely N-dealkylation sites (tertiary alicyclic amines) is 1. The lowest BCUT2D eigenvalue weighted by Crippen LogP contribution is -2.56. The minimum absolute atomic E-state index is 0.113. The molecular formula is C21H24ClNO6S. The van der Waals surface area contributed by atoms with E-state index in [0.29, 0.717) is 28.7 Å². The van der Waals surface area contributed by atoms with E-state index >= 15 is 0 Å². The number of carbonyl (C=O) groups is 1. The molecule has 1 aliphatic rings. The Bertz CT molecular complexity index is 991. The number of carbonyl (C=O) groups excluding carboxylic acids is 1. The molecule has 0 spiro atoms. The highest BCUT2D eigenvalue weighted by atomic mass is 35.5. The Morgan fingerprint density at radius 1 is 1.03 bits per heavy atom. The summed E-state index contributed by atoms with van der Waals surface area (Å²) in [5, 5.41) is -0.128. The molecule has 0 unspecified atom stereocenters. The normalized spacial score (nSPS) is 14.2. The van der Waals surface area contributed by atoms with Crippen LogP contribution < -0.4 is 14.2 Å². The van der Waals surface area contributed by atoms with Gasteiger partial charge < -0.3 is 19.1 Å². The van der Waals surface area contributed by atoms with Gasteiger partial charge in [-0.15, -0.1) is 0 Å². The van der Waals surface area contributed by atoms with Crippen molar-refractivity contribution in [3.63, 3.8) is 0 Å². The molecule has 1 aliphatic heterocycles. The first-order chi connectivity index (χ1) is 14.3. The van der Waals surface area contributed by atoms with Gasteiger partial charge in [0.25, 0.3) is 0 Å². The first-order valence-electron chi connectivity index (χ1n) is 9.36. The van der Waals surface area contributed by atoms with Crippen molar-refractivity contribution in [2.45, 2.75) is 23.0 Å². The Balaban J connectivity index is 1.62. The molecule has 1 saturated heterocycles. The second kappa shape index (κ2) is 9.14. The molecule has 0 atom stereocenters. The average Bonchev–Trinajstić information content (AvgIpc) is 2.70. The summed E-state index contributed by atoms with van der Waals surface area (Å²) in [6, 6.07) is 9.55. The lowest BCUT2D eigenvalue weighted by Gasteiger charge is -2.38. The van der Waals surface area contributed by atoms with Gasteiger partial charge in [0.1, 0.15) is 22.5 Å². The van der Waals surface area contributed by atoms with Gasteiger partial charge in [0.2, 0.25) is 5.91 Å². The van der Waals surface area contributed by atoms with Crippen molar-refractivity contribution in [3.05, 3.63) is 47.0 Å². The molecule has 1 fully saturated rings. The van der Waals surface area contributed by atoms with Gasteiger partial charge in [0, 0.05) is 42.2 Å². The zero-order valence-corrected chi connectivity index (χ0v) is 18.6. The van der Waals surface area contributed by atoms with E-state index in [2.05, 4.69) is 0 Å². The maximum absolute atomic E-state index is 12.7. The van der Waals surface area contributed by atoms with Gasteiger partial charge in [-0.05, 0) is 30.7 Å². The molecule has 30 heavy (non-hydrogen) atoms. The summed E-state index contributed by atoms with van der Waals surface area (Å²) in [6.45, 7) is 0.362. The Hall–Kier alpha value is -2.45. The minimum Gasteiger partial charge on any atom is -0.496 e. The van der Waals surface area contributed by atoms with E-state index in [0.717, 1.165) is 5.56 Å². The second-order valence-electron chi connectivity index (χ2n) is 6.93. The third-order valence-electron chi connectivity index (χ3n) is 5.19. The molecule has 2 aromatic rings. The maximum atomic E-state index is 12.7. The van der Waals surface area contributed by atoms with Crippen LogP contribution in [-0.2, 0) is 21.1 Å². The molecule has 0 N–H and O–H groups in total. The summed E-state index contributed by atoms with van der Waals surface area (Å²) < 4.78 is 41.4. The molecule has 2 aromatic carbocycles. The average molecular weight is 454 g/mol. The number of benzene rings is 2. The van der Waals surface area contributed by atoms with Gasteiger partial charge in [-0.25, -0.2) is 8.42 Å². The molecule has 0 saturated carbocycles. The molecule has 0 radical (unpaired) electrons. The van der Waals surface area contributed by atoms with E-state index in [1.54, 1.807) is 50.5 Å². The fourth-order valence-electron chi connectivity index (χ4n) is 3.37. The topological polar surface area (TPSA) is 82.1 Å². The highest BCUT2D eigenvalue weighted by Crippen LogP contribution is 2.35. The molecule has 7 nitrogen and oxygen atoms in total. The molecule has 9 heteroatoms. The quantitative estimate of drug-likeness (QED) is 0.611.